The van der Waals surface area contributed by atoms with Gasteiger partial charge in [0.15, 0.2) is 0 Å². The van der Waals surface area contributed by atoms with Crippen LogP contribution in [0.5, 0.6) is 0 Å². The lowest BCUT2D eigenvalue weighted by Crippen LogP contribution is -2.27. The molecule has 0 bridgehead atoms. The van der Waals surface area contributed by atoms with Crippen molar-refractivity contribution in [2.24, 2.45) is 0 Å². The van der Waals surface area contributed by atoms with E-state index in [1.165, 1.54) is 0 Å². The van der Waals surface area contributed by atoms with Gasteiger partial charge in [-0.3, -0.25) is 4.79 Å². The van der Waals surface area contributed by atoms with Crippen molar-refractivity contribution >= 4 is 21.8 Å². The van der Waals surface area contributed by atoms with Gasteiger partial charge in [0.2, 0.25) is 5.91 Å². The quantitative estimate of drug-likeness (QED) is 0.903. The second-order valence-electron chi connectivity index (χ2n) is 3.58. The van der Waals surface area contributed by atoms with Crippen LogP contribution in [0, 0.1) is 0 Å². The van der Waals surface area contributed by atoms with Gasteiger partial charge in [-0.25, -0.2) is 0 Å². The number of halogens is 1. The molecule has 0 aromatic heterocycles. The van der Waals surface area contributed by atoms with E-state index in [0.717, 1.165) is 10.0 Å². The Balaban J connectivity index is 2.48. The van der Waals surface area contributed by atoms with E-state index in [1.54, 1.807) is 7.11 Å². The number of nitrogens with one attached hydrogen (secondary N) is 1. The molecule has 1 N–H and O–H groups in total. The highest BCUT2D eigenvalue weighted by atomic mass is 79.9. The van der Waals surface area contributed by atoms with Gasteiger partial charge in [0.1, 0.15) is 0 Å². The average molecular weight is 286 g/mol. The van der Waals surface area contributed by atoms with Crippen LogP contribution in [0.1, 0.15) is 24.9 Å². The van der Waals surface area contributed by atoms with Gasteiger partial charge < -0.3 is 10.1 Å². The second kappa shape index (κ2) is 6.66. The molecule has 0 saturated carbocycles. The zero-order valence-corrected chi connectivity index (χ0v) is 11.1. The first kappa shape index (κ1) is 13.2. The number of benzene rings is 1. The van der Waals surface area contributed by atoms with Gasteiger partial charge in [0, 0.05) is 18.0 Å². The fourth-order valence-corrected chi connectivity index (χ4v) is 1.61. The number of ether oxygens (including phenoxy) is 1. The molecule has 0 aliphatic heterocycles. The topological polar surface area (TPSA) is 38.3 Å². The molecule has 0 spiro atoms. The normalized spacial score (nSPS) is 12.2. The molecule has 0 saturated heterocycles. The van der Waals surface area contributed by atoms with Crippen molar-refractivity contribution in [3.8, 4) is 0 Å². The van der Waals surface area contributed by atoms with Crippen LogP contribution >= 0.6 is 15.9 Å². The van der Waals surface area contributed by atoms with E-state index in [4.69, 9.17) is 4.74 Å². The zero-order valence-electron chi connectivity index (χ0n) is 9.50. The molecule has 1 aromatic rings. The van der Waals surface area contributed by atoms with E-state index in [0.29, 0.717) is 13.0 Å². The van der Waals surface area contributed by atoms with Crippen LogP contribution in [0.4, 0.5) is 0 Å². The van der Waals surface area contributed by atoms with Crippen LogP contribution in [0.3, 0.4) is 0 Å². The van der Waals surface area contributed by atoms with Gasteiger partial charge in [-0.1, -0.05) is 28.1 Å². The molecule has 1 aromatic carbocycles. The lowest BCUT2D eigenvalue weighted by Gasteiger charge is -2.14. The van der Waals surface area contributed by atoms with E-state index >= 15 is 0 Å². The molecule has 16 heavy (non-hydrogen) atoms. The van der Waals surface area contributed by atoms with Gasteiger partial charge in [0.05, 0.1) is 12.6 Å². The van der Waals surface area contributed by atoms with E-state index in [-0.39, 0.29) is 11.9 Å². The molecule has 0 heterocycles. The van der Waals surface area contributed by atoms with Gasteiger partial charge >= 0.3 is 0 Å². The summed E-state index contributed by atoms with van der Waals surface area (Å²) in [5.41, 5.74) is 1.09. The van der Waals surface area contributed by atoms with Crippen LogP contribution < -0.4 is 5.32 Å². The third kappa shape index (κ3) is 4.33. The van der Waals surface area contributed by atoms with Crippen molar-refractivity contribution in [3.05, 3.63) is 34.3 Å². The predicted octanol–water partition coefficient (Wildman–Crippen LogP) is 2.66. The molecule has 0 aliphatic rings. The maximum Gasteiger partial charge on any atom is 0.222 e. The molecule has 0 radical (unpaired) electrons. The molecule has 0 aliphatic carbocycles. The Morgan fingerprint density at radius 1 is 1.44 bits per heavy atom. The molecule has 3 nitrogen and oxygen atoms in total. The van der Waals surface area contributed by atoms with E-state index in [9.17, 15) is 4.79 Å². The zero-order chi connectivity index (χ0) is 12.0. The Kier molecular flexibility index (Phi) is 5.49. The Morgan fingerprint density at radius 3 is 2.62 bits per heavy atom. The minimum absolute atomic E-state index is 0.0114. The van der Waals surface area contributed by atoms with E-state index in [1.807, 2.05) is 31.2 Å². The van der Waals surface area contributed by atoms with Crippen LogP contribution in [0.15, 0.2) is 28.7 Å². The second-order valence-corrected chi connectivity index (χ2v) is 4.50. The van der Waals surface area contributed by atoms with Crippen LogP contribution in [-0.2, 0) is 9.53 Å². The highest BCUT2D eigenvalue weighted by Crippen LogP contribution is 2.16. The van der Waals surface area contributed by atoms with Gasteiger partial charge in [-0.15, -0.1) is 0 Å². The Labute approximate surface area is 104 Å². The first-order valence-electron chi connectivity index (χ1n) is 5.17. The number of hydrogen-bond donors (Lipinski definition) is 1. The van der Waals surface area contributed by atoms with Crippen molar-refractivity contribution in [2.75, 3.05) is 13.7 Å². The standard InChI is InChI=1S/C12H16BrNO2/c1-9(14-12(15)7-8-16-2)10-3-5-11(13)6-4-10/h3-6,9H,7-8H2,1-2H3,(H,14,15)/t9-/m0/s1. The first-order valence-corrected chi connectivity index (χ1v) is 5.96. The minimum atomic E-state index is 0.0114. The van der Waals surface area contributed by atoms with Crippen molar-refractivity contribution in [1.82, 2.24) is 5.32 Å². The molecule has 0 unspecified atom stereocenters. The van der Waals surface area contributed by atoms with Crippen molar-refractivity contribution < 1.29 is 9.53 Å². The summed E-state index contributed by atoms with van der Waals surface area (Å²) in [4.78, 5) is 11.5. The van der Waals surface area contributed by atoms with Crippen LogP contribution in [0.25, 0.3) is 0 Å². The number of carbonyl (C=O) groups is 1. The summed E-state index contributed by atoms with van der Waals surface area (Å²) < 4.78 is 5.88. The van der Waals surface area contributed by atoms with Gasteiger partial charge in [0.25, 0.3) is 0 Å². The Hall–Kier alpha value is -0.870. The van der Waals surface area contributed by atoms with E-state index < -0.39 is 0 Å². The molecule has 1 atom stereocenters. The summed E-state index contributed by atoms with van der Waals surface area (Å²) in [5, 5.41) is 2.92. The van der Waals surface area contributed by atoms with Crippen molar-refractivity contribution in [1.29, 1.82) is 0 Å². The number of methoxy groups -OCH3 is 1. The lowest BCUT2D eigenvalue weighted by molar-refractivity contribution is -0.122. The third-order valence-corrected chi connectivity index (χ3v) is 2.81. The maximum atomic E-state index is 11.5. The highest BCUT2D eigenvalue weighted by Gasteiger charge is 2.08. The van der Waals surface area contributed by atoms with Gasteiger partial charge in [-0.2, -0.15) is 0 Å². The predicted molar refractivity (Wildman–Crippen MR) is 67.2 cm³/mol. The lowest BCUT2D eigenvalue weighted by atomic mass is 10.1. The van der Waals surface area contributed by atoms with Gasteiger partial charge in [-0.05, 0) is 24.6 Å². The van der Waals surface area contributed by atoms with Crippen molar-refractivity contribution in [3.63, 3.8) is 0 Å². The monoisotopic (exact) mass is 285 g/mol. The number of amides is 1. The minimum Gasteiger partial charge on any atom is -0.384 e. The Morgan fingerprint density at radius 2 is 2.06 bits per heavy atom. The van der Waals surface area contributed by atoms with Crippen molar-refractivity contribution in [2.45, 2.75) is 19.4 Å². The molecule has 0 fully saturated rings. The number of rotatable bonds is 5. The summed E-state index contributed by atoms with van der Waals surface area (Å²) in [6, 6.07) is 7.94. The first-order chi connectivity index (χ1) is 7.63. The summed E-state index contributed by atoms with van der Waals surface area (Å²) >= 11 is 3.38. The Bertz CT molecular complexity index is 337. The summed E-state index contributed by atoms with van der Waals surface area (Å²) in [5.74, 6) is 0.0114. The van der Waals surface area contributed by atoms with E-state index in [2.05, 4.69) is 21.2 Å². The van der Waals surface area contributed by atoms with Crippen LogP contribution in [0.2, 0.25) is 0 Å². The molecular weight excluding hydrogens is 270 g/mol. The number of carbonyl (C=O) groups excluding carboxylic acids is 1. The highest BCUT2D eigenvalue weighted by molar-refractivity contribution is 9.10. The average Bonchev–Trinajstić information content (AvgIpc) is 2.27. The fourth-order valence-electron chi connectivity index (χ4n) is 1.34. The smallest absolute Gasteiger partial charge is 0.222 e. The summed E-state index contributed by atoms with van der Waals surface area (Å²) in [7, 11) is 1.59. The molecule has 1 amide bonds. The molecule has 4 heteroatoms. The number of hydrogen-bond acceptors (Lipinski definition) is 2. The SMILES string of the molecule is COCCC(=O)N[C@@H](C)c1ccc(Br)cc1. The summed E-state index contributed by atoms with van der Waals surface area (Å²) in [6.07, 6.45) is 0.400. The fraction of sp³-hybridized carbons (Fsp3) is 0.417. The molecule has 88 valence electrons. The summed E-state index contributed by atoms with van der Waals surface area (Å²) in [6.45, 7) is 2.42. The third-order valence-electron chi connectivity index (χ3n) is 2.28. The molecular formula is C12H16BrNO2. The maximum absolute atomic E-state index is 11.5. The van der Waals surface area contributed by atoms with Crippen LogP contribution in [-0.4, -0.2) is 19.6 Å². The largest absolute Gasteiger partial charge is 0.384 e. The molecule has 1 rings (SSSR count).